The Morgan fingerprint density at radius 1 is 1.46 bits per heavy atom. The van der Waals surface area contributed by atoms with Gasteiger partial charge in [-0.05, 0) is 0 Å². The van der Waals surface area contributed by atoms with Crippen LogP contribution >= 0.6 is 7.82 Å². The van der Waals surface area contributed by atoms with Gasteiger partial charge in [0.2, 0.25) is 0 Å². The topological polar surface area (TPSA) is 55.8 Å². The average Bonchev–Trinajstić information content (AvgIpc) is 1.97. The third kappa shape index (κ3) is 7.98. The summed E-state index contributed by atoms with van der Waals surface area (Å²) in [6.07, 6.45) is -3.55. The van der Waals surface area contributed by atoms with Gasteiger partial charge in [-0.1, -0.05) is 6.08 Å². The van der Waals surface area contributed by atoms with E-state index in [0.29, 0.717) is 0 Å². The van der Waals surface area contributed by atoms with Crippen molar-refractivity contribution in [3.63, 3.8) is 0 Å². The molecule has 78 valence electrons. The molecule has 0 spiro atoms. The quantitative estimate of drug-likeness (QED) is 0.567. The van der Waals surface area contributed by atoms with E-state index >= 15 is 0 Å². The van der Waals surface area contributed by atoms with Crippen LogP contribution in [0.5, 0.6) is 0 Å². The Balaban J connectivity index is 3.89. The van der Waals surface area contributed by atoms with Crippen LogP contribution in [0.3, 0.4) is 0 Å². The summed E-state index contributed by atoms with van der Waals surface area (Å²) in [5.41, 5.74) is 0. The molecule has 0 rings (SSSR count). The Hall–Kier alpha value is -0.360. The van der Waals surface area contributed by atoms with Gasteiger partial charge < -0.3 is 4.89 Å². The van der Waals surface area contributed by atoms with Gasteiger partial charge in [-0.3, -0.25) is 9.05 Å². The monoisotopic (exact) mass is 220 g/mol. The predicted molar refractivity (Wildman–Crippen MR) is 38.0 cm³/mol. The van der Waals surface area contributed by atoms with E-state index in [1.165, 1.54) is 0 Å². The number of rotatable bonds is 5. The molecule has 0 aromatic carbocycles. The second-order valence-corrected chi connectivity index (χ2v) is 3.40. The summed E-state index contributed by atoms with van der Waals surface area (Å²) in [4.78, 5) is 8.57. The summed E-state index contributed by atoms with van der Waals surface area (Å²) in [6.45, 7) is 0.961. The Kier molecular flexibility index (Phi) is 4.63. The van der Waals surface area contributed by atoms with Crippen molar-refractivity contribution in [1.29, 1.82) is 0 Å². The summed E-state index contributed by atoms with van der Waals surface area (Å²) in [7, 11) is -4.60. The molecule has 1 N–H and O–H groups in total. The molecule has 1 atom stereocenters. The first kappa shape index (κ1) is 12.6. The Morgan fingerprint density at radius 3 is 2.38 bits per heavy atom. The van der Waals surface area contributed by atoms with Crippen molar-refractivity contribution in [2.45, 2.75) is 6.18 Å². The van der Waals surface area contributed by atoms with E-state index in [-0.39, 0.29) is 6.61 Å². The summed E-state index contributed by atoms with van der Waals surface area (Å²) < 4.78 is 52.7. The minimum Gasteiger partial charge on any atom is -0.302 e. The lowest BCUT2D eigenvalue weighted by atomic mass is 10.7. The van der Waals surface area contributed by atoms with Crippen LogP contribution in [0.1, 0.15) is 0 Å². The van der Waals surface area contributed by atoms with Crippen molar-refractivity contribution in [3.05, 3.63) is 12.7 Å². The molecule has 0 aliphatic carbocycles. The third-order valence-corrected chi connectivity index (χ3v) is 1.68. The minimum atomic E-state index is -4.66. The summed E-state index contributed by atoms with van der Waals surface area (Å²) >= 11 is 0. The fourth-order valence-corrected chi connectivity index (χ4v) is 1.02. The molecule has 8 heteroatoms. The van der Waals surface area contributed by atoms with Gasteiger partial charge in [-0.15, -0.1) is 6.58 Å². The highest BCUT2D eigenvalue weighted by atomic mass is 31.2. The molecule has 0 amide bonds. The number of halogens is 3. The van der Waals surface area contributed by atoms with Crippen LogP contribution in [0.15, 0.2) is 12.7 Å². The molecule has 0 aliphatic heterocycles. The lowest BCUT2D eigenvalue weighted by Gasteiger charge is -2.12. The van der Waals surface area contributed by atoms with E-state index in [1.807, 2.05) is 0 Å². The van der Waals surface area contributed by atoms with Crippen molar-refractivity contribution in [1.82, 2.24) is 0 Å². The Morgan fingerprint density at radius 2 is 2.00 bits per heavy atom. The SMILES string of the molecule is C=CCOP(=O)(O)OCC(F)(F)F. The van der Waals surface area contributed by atoms with Crippen LogP contribution in [0.2, 0.25) is 0 Å². The second kappa shape index (κ2) is 4.76. The summed E-state index contributed by atoms with van der Waals surface area (Å²) in [6, 6.07) is 0. The van der Waals surface area contributed by atoms with Crippen molar-refractivity contribution in [2.24, 2.45) is 0 Å². The molecule has 4 nitrogen and oxygen atoms in total. The Labute approximate surface area is 72.6 Å². The number of phosphoric acid groups is 1. The highest BCUT2D eigenvalue weighted by molar-refractivity contribution is 7.47. The Bertz CT molecular complexity index is 214. The van der Waals surface area contributed by atoms with Crippen LogP contribution in [-0.2, 0) is 13.6 Å². The van der Waals surface area contributed by atoms with E-state index < -0.39 is 20.6 Å². The second-order valence-electron chi connectivity index (χ2n) is 1.94. The minimum absolute atomic E-state index is 0.356. The first-order valence-electron chi connectivity index (χ1n) is 3.06. The van der Waals surface area contributed by atoms with Crippen LogP contribution in [0.4, 0.5) is 13.2 Å². The average molecular weight is 220 g/mol. The van der Waals surface area contributed by atoms with Crippen LogP contribution in [0.25, 0.3) is 0 Å². The predicted octanol–water partition coefficient (Wildman–Crippen LogP) is 1.87. The highest BCUT2D eigenvalue weighted by Gasteiger charge is 2.33. The lowest BCUT2D eigenvalue weighted by molar-refractivity contribution is -0.157. The van der Waals surface area contributed by atoms with Crippen molar-refractivity contribution < 1.29 is 31.7 Å². The molecule has 0 saturated heterocycles. The summed E-state index contributed by atoms with van der Waals surface area (Å²) in [5, 5.41) is 0. The molecule has 0 bridgehead atoms. The zero-order chi connectivity index (χ0) is 10.5. The van der Waals surface area contributed by atoms with Crippen molar-refractivity contribution in [3.8, 4) is 0 Å². The fraction of sp³-hybridized carbons (Fsp3) is 0.600. The number of hydrogen-bond donors (Lipinski definition) is 1. The molecule has 0 radical (unpaired) electrons. The fourth-order valence-electron chi connectivity index (χ4n) is 0.339. The van der Waals surface area contributed by atoms with Crippen molar-refractivity contribution >= 4 is 7.82 Å². The number of alkyl halides is 3. The molecule has 0 heterocycles. The zero-order valence-electron chi connectivity index (χ0n) is 6.45. The van der Waals surface area contributed by atoms with Crippen LogP contribution < -0.4 is 0 Å². The van der Waals surface area contributed by atoms with Gasteiger partial charge in [0, 0.05) is 0 Å². The molecule has 0 aromatic rings. The first-order chi connectivity index (χ1) is 5.77. The molecule has 0 aromatic heterocycles. The molecule has 0 fully saturated rings. The normalized spacial score (nSPS) is 16.6. The smallest absolute Gasteiger partial charge is 0.302 e. The van der Waals surface area contributed by atoms with Crippen LogP contribution in [0, 0.1) is 0 Å². The molecule has 1 unspecified atom stereocenters. The van der Waals surface area contributed by atoms with E-state index in [4.69, 9.17) is 4.89 Å². The van der Waals surface area contributed by atoms with Gasteiger partial charge in [-0.2, -0.15) is 13.2 Å². The molecule has 0 saturated carbocycles. The molecular weight excluding hydrogens is 212 g/mol. The van der Waals surface area contributed by atoms with Gasteiger partial charge >= 0.3 is 14.0 Å². The standard InChI is InChI=1S/C5H8F3O4P/c1-2-3-11-13(9,10)12-4-5(6,7)8/h2H,1,3-4H2,(H,9,10). The van der Waals surface area contributed by atoms with E-state index in [2.05, 4.69) is 15.6 Å². The zero-order valence-corrected chi connectivity index (χ0v) is 7.35. The van der Waals surface area contributed by atoms with Gasteiger partial charge in [-0.25, -0.2) is 4.57 Å². The van der Waals surface area contributed by atoms with Gasteiger partial charge in [0.05, 0.1) is 6.61 Å². The maximum Gasteiger partial charge on any atom is 0.472 e. The van der Waals surface area contributed by atoms with E-state index in [1.54, 1.807) is 0 Å². The van der Waals surface area contributed by atoms with Gasteiger partial charge in [0.1, 0.15) is 0 Å². The number of phosphoric ester groups is 1. The van der Waals surface area contributed by atoms with Crippen molar-refractivity contribution in [2.75, 3.05) is 13.2 Å². The molecular formula is C5H8F3O4P. The van der Waals surface area contributed by atoms with Gasteiger partial charge in [0.15, 0.2) is 6.61 Å². The third-order valence-electron chi connectivity index (χ3n) is 0.747. The van der Waals surface area contributed by atoms with E-state index in [0.717, 1.165) is 6.08 Å². The lowest BCUT2D eigenvalue weighted by Crippen LogP contribution is -2.16. The number of hydrogen-bond acceptors (Lipinski definition) is 3. The summed E-state index contributed by atoms with van der Waals surface area (Å²) in [5.74, 6) is 0. The maximum atomic E-state index is 11.5. The first-order valence-corrected chi connectivity index (χ1v) is 4.56. The van der Waals surface area contributed by atoms with E-state index in [9.17, 15) is 17.7 Å². The molecule has 0 aliphatic rings. The highest BCUT2D eigenvalue weighted by Crippen LogP contribution is 2.44. The molecule has 13 heavy (non-hydrogen) atoms. The maximum absolute atomic E-state index is 11.5. The van der Waals surface area contributed by atoms with Crippen LogP contribution in [-0.4, -0.2) is 24.3 Å². The largest absolute Gasteiger partial charge is 0.472 e. The van der Waals surface area contributed by atoms with Gasteiger partial charge in [0.25, 0.3) is 0 Å².